The Kier molecular flexibility index (Phi) is 1.97. The molecule has 4 heteroatoms. The van der Waals surface area contributed by atoms with Gasteiger partial charge in [0.05, 0.1) is 12.5 Å². The SMILES string of the molecule is c1coc(-c2nc3n(c2-c2ccco2)CCC3)c1. The first-order valence-corrected chi connectivity index (χ1v) is 6.10. The van der Waals surface area contributed by atoms with Gasteiger partial charge in [-0.15, -0.1) is 0 Å². The second kappa shape index (κ2) is 3.63. The Morgan fingerprint density at radius 2 is 1.83 bits per heavy atom. The van der Waals surface area contributed by atoms with E-state index in [-0.39, 0.29) is 0 Å². The summed E-state index contributed by atoms with van der Waals surface area (Å²) in [5, 5.41) is 0. The predicted molar refractivity (Wildman–Crippen MR) is 66.0 cm³/mol. The van der Waals surface area contributed by atoms with Gasteiger partial charge in [-0.1, -0.05) is 0 Å². The smallest absolute Gasteiger partial charge is 0.154 e. The lowest BCUT2D eigenvalue weighted by Crippen LogP contribution is -1.95. The minimum Gasteiger partial charge on any atom is -0.463 e. The molecular formula is C14H12N2O2. The Labute approximate surface area is 104 Å². The molecule has 0 unspecified atom stereocenters. The Bertz CT molecular complexity index is 663. The molecule has 0 radical (unpaired) electrons. The average Bonchev–Trinajstić information content (AvgIpc) is 3.13. The van der Waals surface area contributed by atoms with E-state index in [2.05, 4.69) is 4.57 Å². The monoisotopic (exact) mass is 240 g/mol. The zero-order chi connectivity index (χ0) is 11.9. The van der Waals surface area contributed by atoms with Gasteiger partial charge in [-0.3, -0.25) is 0 Å². The summed E-state index contributed by atoms with van der Waals surface area (Å²) in [6, 6.07) is 7.68. The van der Waals surface area contributed by atoms with Crippen LogP contribution >= 0.6 is 0 Å². The molecule has 3 aromatic rings. The molecule has 0 saturated carbocycles. The van der Waals surface area contributed by atoms with Crippen molar-refractivity contribution in [3.05, 3.63) is 42.6 Å². The molecule has 0 bridgehead atoms. The number of rotatable bonds is 2. The molecule has 0 aromatic carbocycles. The summed E-state index contributed by atoms with van der Waals surface area (Å²) in [6.07, 6.45) is 5.53. The van der Waals surface area contributed by atoms with Crippen LogP contribution in [0, 0.1) is 0 Å². The van der Waals surface area contributed by atoms with Gasteiger partial charge in [-0.05, 0) is 30.7 Å². The van der Waals surface area contributed by atoms with E-state index in [4.69, 9.17) is 13.8 Å². The number of hydrogen-bond donors (Lipinski definition) is 0. The quantitative estimate of drug-likeness (QED) is 0.690. The largest absolute Gasteiger partial charge is 0.463 e. The summed E-state index contributed by atoms with van der Waals surface area (Å²) in [6.45, 7) is 0.999. The summed E-state index contributed by atoms with van der Waals surface area (Å²) >= 11 is 0. The van der Waals surface area contributed by atoms with Crippen LogP contribution in [-0.2, 0) is 13.0 Å². The highest BCUT2D eigenvalue weighted by Crippen LogP contribution is 2.35. The van der Waals surface area contributed by atoms with Crippen molar-refractivity contribution in [2.45, 2.75) is 19.4 Å². The maximum absolute atomic E-state index is 5.54. The van der Waals surface area contributed by atoms with Gasteiger partial charge in [0.25, 0.3) is 0 Å². The zero-order valence-electron chi connectivity index (χ0n) is 9.80. The van der Waals surface area contributed by atoms with Crippen LogP contribution in [0.3, 0.4) is 0 Å². The summed E-state index contributed by atoms with van der Waals surface area (Å²) in [4.78, 5) is 4.70. The van der Waals surface area contributed by atoms with Crippen molar-refractivity contribution in [3.8, 4) is 22.9 Å². The number of nitrogens with zero attached hydrogens (tertiary/aromatic N) is 2. The molecule has 1 aliphatic rings. The van der Waals surface area contributed by atoms with Crippen molar-refractivity contribution < 1.29 is 8.83 Å². The van der Waals surface area contributed by atoms with Crippen molar-refractivity contribution in [1.29, 1.82) is 0 Å². The van der Waals surface area contributed by atoms with Gasteiger partial charge in [0.1, 0.15) is 17.2 Å². The second-order valence-corrected chi connectivity index (χ2v) is 4.44. The summed E-state index contributed by atoms with van der Waals surface area (Å²) in [5.41, 5.74) is 1.91. The Morgan fingerprint density at radius 1 is 1.06 bits per heavy atom. The molecule has 0 amide bonds. The van der Waals surface area contributed by atoms with E-state index in [9.17, 15) is 0 Å². The molecule has 0 saturated heterocycles. The lowest BCUT2D eigenvalue weighted by Gasteiger charge is -2.03. The molecule has 1 aliphatic heterocycles. The second-order valence-electron chi connectivity index (χ2n) is 4.44. The van der Waals surface area contributed by atoms with Crippen molar-refractivity contribution in [2.24, 2.45) is 0 Å². The molecule has 0 aliphatic carbocycles. The highest BCUT2D eigenvalue weighted by molar-refractivity contribution is 5.74. The summed E-state index contributed by atoms with van der Waals surface area (Å²) in [5.74, 6) is 2.76. The zero-order valence-corrected chi connectivity index (χ0v) is 9.80. The van der Waals surface area contributed by atoms with Crippen molar-refractivity contribution in [2.75, 3.05) is 0 Å². The first kappa shape index (κ1) is 9.76. The van der Waals surface area contributed by atoms with E-state index in [1.807, 2.05) is 24.3 Å². The van der Waals surface area contributed by atoms with Gasteiger partial charge in [-0.2, -0.15) is 0 Å². The van der Waals surface area contributed by atoms with E-state index in [0.29, 0.717) is 0 Å². The van der Waals surface area contributed by atoms with E-state index in [1.54, 1.807) is 12.5 Å². The third-order valence-corrected chi connectivity index (χ3v) is 3.34. The van der Waals surface area contributed by atoms with Crippen LogP contribution in [0.5, 0.6) is 0 Å². The van der Waals surface area contributed by atoms with Crippen LogP contribution in [-0.4, -0.2) is 9.55 Å². The van der Waals surface area contributed by atoms with Gasteiger partial charge in [-0.25, -0.2) is 4.98 Å². The molecule has 4 heterocycles. The fourth-order valence-electron chi connectivity index (χ4n) is 2.57. The number of aromatic nitrogens is 2. The van der Waals surface area contributed by atoms with Gasteiger partial charge >= 0.3 is 0 Å². The van der Waals surface area contributed by atoms with Gasteiger partial charge in [0.2, 0.25) is 0 Å². The van der Waals surface area contributed by atoms with Gasteiger partial charge in [0.15, 0.2) is 11.5 Å². The van der Waals surface area contributed by atoms with Crippen LogP contribution in [0.25, 0.3) is 22.9 Å². The average molecular weight is 240 g/mol. The van der Waals surface area contributed by atoms with Crippen LogP contribution in [0.1, 0.15) is 12.2 Å². The molecule has 0 spiro atoms. The number of aryl methyl sites for hydroxylation is 1. The fourth-order valence-corrected chi connectivity index (χ4v) is 2.57. The molecule has 3 aromatic heterocycles. The Balaban J connectivity index is 1.99. The number of hydrogen-bond acceptors (Lipinski definition) is 3. The lowest BCUT2D eigenvalue weighted by atomic mass is 10.2. The Hall–Kier alpha value is -2.23. The normalized spacial score (nSPS) is 14.0. The number of fused-ring (bicyclic) bond motifs is 1. The van der Waals surface area contributed by atoms with Crippen molar-refractivity contribution in [1.82, 2.24) is 9.55 Å². The van der Waals surface area contributed by atoms with E-state index >= 15 is 0 Å². The predicted octanol–water partition coefficient (Wildman–Crippen LogP) is 3.35. The topological polar surface area (TPSA) is 44.1 Å². The minimum absolute atomic E-state index is 0.795. The number of imidazole rings is 1. The van der Waals surface area contributed by atoms with E-state index < -0.39 is 0 Å². The molecular weight excluding hydrogens is 228 g/mol. The third-order valence-electron chi connectivity index (χ3n) is 3.34. The molecule has 0 N–H and O–H groups in total. The van der Waals surface area contributed by atoms with Crippen molar-refractivity contribution in [3.63, 3.8) is 0 Å². The summed E-state index contributed by atoms with van der Waals surface area (Å²) < 4.78 is 13.2. The standard InChI is InChI=1S/C14H12N2O2/c1-6-12-15-13(10-4-2-8-17-10)14(16(12)7-1)11-5-3-9-18-11/h2-5,8-9H,1,6-7H2. The molecule has 18 heavy (non-hydrogen) atoms. The van der Waals surface area contributed by atoms with Crippen LogP contribution in [0.4, 0.5) is 0 Å². The number of furan rings is 2. The minimum atomic E-state index is 0.795. The Morgan fingerprint density at radius 3 is 2.56 bits per heavy atom. The van der Waals surface area contributed by atoms with E-state index in [1.165, 1.54) is 0 Å². The molecule has 0 atom stereocenters. The van der Waals surface area contributed by atoms with E-state index in [0.717, 1.165) is 48.1 Å². The molecule has 4 nitrogen and oxygen atoms in total. The first-order valence-electron chi connectivity index (χ1n) is 6.10. The maximum Gasteiger partial charge on any atom is 0.154 e. The fraction of sp³-hybridized carbons (Fsp3) is 0.214. The molecule has 0 fully saturated rings. The highest BCUT2D eigenvalue weighted by atomic mass is 16.3. The van der Waals surface area contributed by atoms with Crippen molar-refractivity contribution >= 4 is 0 Å². The van der Waals surface area contributed by atoms with Crippen LogP contribution < -0.4 is 0 Å². The van der Waals surface area contributed by atoms with Gasteiger partial charge < -0.3 is 13.4 Å². The van der Waals surface area contributed by atoms with Crippen LogP contribution in [0.15, 0.2) is 45.6 Å². The third kappa shape index (κ3) is 1.29. The first-order chi connectivity index (χ1) is 8.93. The van der Waals surface area contributed by atoms with Crippen LogP contribution in [0.2, 0.25) is 0 Å². The maximum atomic E-state index is 5.54. The van der Waals surface area contributed by atoms with Gasteiger partial charge in [0, 0.05) is 13.0 Å². The highest BCUT2D eigenvalue weighted by Gasteiger charge is 2.25. The lowest BCUT2D eigenvalue weighted by molar-refractivity contribution is 0.568. The molecule has 4 rings (SSSR count). The summed E-state index contributed by atoms with van der Waals surface area (Å²) in [7, 11) is 0. The molecule has 90 valence electrons.